The van der Waals surface area contributed by atoms with E-state index in [-0.39, 0.29) is 36.4 Å². The summed E-state index contributed by atoms with van der Waals surface area (Å²) in [4.78, 5) is 14.6. The zero-order valence-corrected chi connectivity index (χ0v) is 28.4. The maximum absolute atomic E-state index is 12.6. The van der Waals surface area contributed by atoms with Gasteiger partial charge in [0.15, 0.2) is 6.29 Å². The third-order valence-corrected chi connectivity index (χ3v) is 9.29. The first-order chi connectivity index (χ1) is 24.3. The van der Waals surface area contributed by atoms with Gasteiger partial charge in [0.2, 0.25) is 0 Å². The molecule has 0 radical (unpaired) electrons. The Bertz CT molecular complexity index is 1850. The molecule has 5 aromatic carbocycles. The van der Waals surface area contributed by atoms with Crippen molar-refractivity contribution in [3.05, 3.63) is 161 Å². The number of hydrogen-bond donors (Lipinski definition) is 4. The number of likely N-dealkylation sites (N-methyl/N-ethyl adjacent to an activating group) is 1. The second kappa shape index (κ2) is 16.3. The molecule has 5 atom stereocenters. The molecule has 1 aliphatic rings. The van der Waals surface area contributed by atoms with Crippen molar-refractivity contribution in [1.29, 1.82) is 0 Å². The lowest BCUT2D eigenvalue weighted by Crippen LogP contribution is -2.44. The summed E-state index contributed by atoms with van der Waals surface area (Å²) in [7, 11) is 1.95. The highest BCUT2D eigenvalue weighted by Crippen LogP contribution is 2.42. The fourth-order valence-corrected chi connectivity index (χ4v) is 6.41. The van der Waals surface area contributed by atoms with Gasteiger partial charge in [0.05, 0.1) is 24.9 Å². The van der Waals surface area contributed by atoms with E-state index in [1.54, 1.807) is 36.4 Å². The number of nitrogens with zero attached hydrogens (tertiary/aromatic N) is 1. The maximum atomic E-state index is 12.6. The van der Waals surface area contributed by atoms with Crippen molar-refractivity contribution in [2.45, 2.75) is 44.7 Å². The number of benzene rings is 5. The van der Waals surface area contributed by atoms with Gasteiger partial charge in [0.25, 0.3) is 5.91 Å². The maximum Gasteiger partial charge on any atom is 0.251 e. The Kier molecular flexibility index (Phi) is 11.4. The van der Waals surface area contributed by atoms with Crippen LogP contribution in [0.15, 0.2) is 127 Å². The van der Waals surface area contributed by atoms with Gasteiger partial charge >= 0.3 is 0 Å². The fraction of sp³-hybridized carbons (Fsp3) is 0.262. The SMILES string of the molecule is C[C@@H]1[C@H](CN(C)C[C@@H](O)c2cccc(O)c2)O[C@H](c2ccc(-c3cccc(CNC(=O)c4ccccc4)c3)cc2)O[C@@H]1c1ccc(CO)cc1. The van der Waals surface area contributed by atoms with Crippen molar-refractivity contribution in [2.75, 3.05) is 20.1 Å². The highest BCUT2D eigenvalue weighted by atomic mass is 16.7. The summed E-state index contributed by atoms with van der Waals surface area (Å²) in [5, 5.41) is 33.4. The zero-order valence-electron chi connectivity index (χ0n) is 28.4. The standard InChI is InChI=1S/C42H44N2O6/c1-28-39(26-44(2)25-38(47)36-12-7-13-37(46)23-36)49-42(50-40(28)32-16-14-29(27-45)15-17-32)34-20-18-31(19-21-34)35-11-6-8-30(22-35)24-43-41(48)33-9-4-3-5-10-33/h3-23,28,38-40,42,45-47H,24-27H2,1-2H3,(H,43,48)/t28-,38-,39+,40+,42+/m1/s1. The molecule has 50 heavy (non-hydrogen) atoms. The van der Waals surface area contributed by atoms with Crippen molar-refractivity contribution < 1.29 is 29.6 Å². The number of phenolic OH excluding ortho intramolecular Hbond substituents is 1. The number of carbonyl (C=O) groups is 1. The minimum Gasteiger partial charge on any atom is -0.508 e. The molecule has 1 saturated heterocycles. The molecular weight excluding hydrogens is 628 g/mol. The summed E-state index contributed by atoms with van der Waals surface area (Å²) < 4.78 is 13.3. The number of carbonyl (C=O) groups excluding carboxylic acids is 1. The van der Waals surface area contributed by atoms with E-state index in [1.807, 2.05) is 78.7 Å². The zero-order chi connectivity index (χ0) is 35.0. The van der Waals surface area contributed by atoms with Crippen molar-refractivity contribution >= 4 is 5.91 Å². The van der Waals surface area contributed by atoms with Gasteiger partial charge < -0.3 is 35.0 Å². The lowest BCUT2D eigenvalue weighted by atomic mass is 9.90. The van der Waals surface area contributed by atoms with Crippen molar-refractivity contribution in [2.24, 2.45) is 5.92 Å². The predicted octanol–water partition coefficient (Wildman–Crippen LogP) is 6.94. The van der Waals surface area contributed by atoms with Gasteiger partial charge in [-0.15, -0.1) is 0 Å². The van der Waals surface area contributed by atoms with Gasteiger partial charge in [-0.2, -0.15) is 0 Å². The van der Waals surface area contributed by atoms with E-state index in [0.717, 1.165) is 33.4 Å². The van der Waals surface area contributed by atoms with E-state index < -0.39 is 12.4 Å². The smallest absolute Gasteiger partial charge is 0.251 e. The number of hydrogen-bond acceptors (Lipinski definition) is 7. The summed E-state index contributed by atoms with van der Waals surface area (Å²) in [6, 6.07) is 40.0. The number of aliphatic hydroxyl groups is 2. The molecule has 1 fully saturated rings. The molecule has 6 rings (SSSR count). The molecule has 0 aliphatic carbocycles. The van der Waals surface area contributed by atoms with E-state index in [0.29, 0.717) is 30.8 Å². The molecule has 8 heteroatoms. The van der Waals surface area contributed by atoms with Crippen LogP contribution in [0.2, 0.25) is 0 Å². The molecule has 5 aromatic rings. The van der Waals surface area contributed by atoms with Crippen LogP contribution in [0.3, 0.4) is 0 Å². The Labute approximate surface area is 293 Å². The van der Waals surface area contributed by atoms with Gasteiger partial charge in [0, 0.05) is 36.7 Å². The molecule has 8 nitrogen and oxygen atoms in total. The highest BCUT2D eigenvalue weighted by molar-refractivity contribution is 5.94. The van der Waals surface area contributed by atoms with Crippen LogP contribution >= 0.6 is 0 Å². The number of phenols is 1. The minimum absolute atomic E-state index is 0.0176. The third-order valence-electron chi connectivity index (χ3n) is 9.29. The summed E-state index contributed by atoms with van der Waals surface area (Å²) in [5.41, 5.74) is 7.07. The largest absolute Gasteiger partial charge is 0.508 e. The Hall–Kier alpha value is -4.83. The summed E-state index contributed by atoms with van der Waals surface area (Å²) >= 11 is 0. The predicted molar refractivity (Wildman–Crippen MR) is 193 cm³/mol. The van der Waals surface area contributed by atoms with E-state index in [2.05, 4.69) is 36.5 Å². The summed E-state index contributed by atoms with van der Waals surface area (Å²) in [6.45, 7) is 3.42. The lowest BCUT2D eigenvalue weighted by molar-refractivity contribution is -0.276. The molecule has 0 saturated carbocycles. The number of aliphatic hydroxyl groups excluding tert-OH is 2. The number of rotatable bonds is 12. The van der Waals surface area contributed by atoms with E-state index in [1.165, 1.54) is 0 Å². The van der Waals surface area contributed by atoms with E-state index in [9.17, 15) is 20.1 Å². The van der Waals surface area contributed by atoms with Gasteiger partial charge in [-0.3, -0.25) is 4.79 Å². The molecule has 0 spiro atoms. The van der Waals surface area contributed by atoms with Crippen LogP contribution in [0, 0.1) is 5.92 Å². The minimum atomic E-state index is -0.772. The van der Waals surface area contributed by atoms with Crippen molar-refractivity contribution in [1.82, 2.24) is 10.2 Å². The number of amides is 1. The Morgan fingerprint density at radius 1 is 0.800 bits per heavy atom. The molecule has 4 N–H and O–H groups in total. The highest BCUT2D eigenvalue weighted by Gasteiger charge is 2.39. The Balaban J connectivity index is 1.17. The average molecular weight is 673 g/mol. The number of nitrogens with one attached hydrogen (secondary N) is 1. The van der Waals surface area contributed by atoms with Gasteiger partial charge in [-0.05, 0) is 70.8 Å². The molecule has 1 amide bonds. The van der Waals surface area contributed by atoms with Crippen LogP contribution < -0.4 is 5.32 Å². The first kappa shape index (κ1) is 35.0. The third kappa shape index (κ3) is 8.66. The molecule has 0 aromatic heterocycles. The first-order valence-corrected chi connectivity index (χ1v) is 17.0. The van der Waals surface area contributed by atoms with Crippen molar-refractivity contribution in [3.63, 3.8) is 0 Å². The Morgan fingerprint density at radius 3 is 2.24 bits per heavy atom. The van der Waals surface area contributed by atoms with Crippen LogP contribution in [0.5, 0.6) is 5.75 Å². The second-order valence-electron chi connectivity index (χ2n) is 13.0. The monoisotopic (exact) mass is 672 g/mol. The molecular formula is C42H44N2O6. The van der Waals surface area contributed by atoms with E-state index >= 15 is 0 Å². The van der Waals surface area contributed by atoms with Crippen LogP contribution in [0.1, 0.15) is 63.6 Å². The van der Waals surface area contributed by atoms with Crippen LogP contribution in [0.25, 0.3) is 11.1 Å². The summed E-state index contributed by atoms with van der Waals surface area (Å²) in [6.07, 6.45) is -1.89. The van der Waals surface area contributed by atoms with Crippen molar-refractivity contribution in [3.8, 4) is 16.9 Å². The van der Waals surface area contributed by atoms with Gasteiger partial charge in [0.1, 0.15) is 5.75 Å². The van der Waals surface area contributed by atoms with Crippen LogP contribution in [-0.4, -0.2) is 52.4 Å². The molecule has 0 unspecified atom stereocenters. The lowest BCUT2D eigenvalue weighted by Gasteiger charge is -2.42. The van der Waals surface area contributed by atoms with Crippen LogP contribution in [0.4, 0.5) is 0 Å². The van der Waals surface area contributed by atoms with Crippen LogP contribution in [-0.2, 0) is 22.6 Å². The molecule has 0 bridgehead atoms. The number of ether oxygens (including phenoxy) is 2. The normalized spacial score (nSPS) is 19.6. The van der Waals surface area contributed by atoms with Gasteiger partial charge in [-0.1, -0.05) is 104 Å². The Morgan fingerprint density at radius 2 is 1.52 bits per heavy atom. The average Bonchev–Trinajstić information content (AvgIpc) is 3.15. The topological polar surface area (TPSA) is 111 Å². The molecule has 258 valence electrons. The number of aromatic hydroxyl groups is 1. The summed E-state index contributed by atoms with van der Waals surface area (Å²) in [5.74, 6) is -0.00696. The van der Waals surface area contributed by atoms with Gasteiger partial charge in [-0.25, -0.2) is 0 Å². The first-order valence-electron chi connectivity index (χ1n) is 17.0. The fourth-order valence-electron chi connectivity index (χ4n) is 6.41. The molecule has 1 aliphatic heterocycles. The second-order valence-corrected chi connectivity index (χ2v) is 13.0. The quantitative estimate of drug-likeness (QED) is 0.114. The molecule has 1 heterocycles. The van der Waals surface area contributed by atoms with E-state index in [4.69, 9.17) is 9.47 Å².